The predicted octanol–water partition coefficient (Wildman–Crippen LogP) is -2.58. The molecule has 680 valence electrons. The lowest BCUT2D eigenvalue weighted by Gasteiger charge is -2.47. The van der Waals surface area contributed by atoms with Crippen molar-refractivity contribution in [1.29, 1.82) is 0 Å². The van der Waals surface area contributed by atoms with Crippen molar-refractivity contribution in [1.82, 2.24) is 0 Å². The Morgan fingerprint density at radius 1 is 0.347 bits per heavy atom. The minimum absolute atomic E-state index is 0.0435. The van der Waals surface area contributed by atoms with Gasteiger partial charge in [-0.15, -0.1) is 13.2 Å². The Morgan fingerprint density at radius 3 is 1.18 bits per heavy atom. The molecule has 0 spiro atoms. The Labute approximate surface area is 688 Å². The first-order valence-corrected chi connectivity index (χ1v) is 40.7. The number of ether oxygens (including phenoxy) is 15. The number of allylic oxidation sites excluding steroid dienone is 8. The summed E-state index contributed by atoms with van der Waals surface area (Å²) >= 11 is 0. The Kier molecular flexibility index (Phi) is 40.8. The van der Waals surface area contributed by atoms with Crippen LogP contribution in [0, 0.1) is 0 Å². The van der Waals surface area contributed by atoms with Crippen molar-refractivity contribution in [2.45, 2.75) is 378 Å². The largest absolute Gasteiger partial charge is 0.451 e. The molecule has 0 aliphatic carbocycles. The molecule has 118 heavy (non-hydrogen) atoms. The number of aliphatic hydroxyl groups is 21. The standard InChI is InChI=1S/C81H134O37/c1-12-80(10,117-78-70(61(96)54(89)48(35-84)110-78)115-74-64(99)57(92)52(87)46(33-82)108-74)31-21-28-39(3)23-17-15-14-16-18-24-42(6)37-104-73-67(102)63(98)68(45(9)107-73)114-76-66(101)59(94)56(91)50(112-76)38-105-77-69(60(95)51(86)44(8)106-77)113-72(103)43(7)30-20-27-40(4)25-19-26-41(5)29-22-32-81(11,13-2)118-79-71(62(97)55(90)49(36-85)111-79)116-75-65(100)58(93)53(88)47(34-83)109-75/h12-13,24-25,28-30,44-71,73-79,82-102H,1-2,14-23,26-27,31-38H2,3-11H3/b39-28+,40-25+,41-29+,42-24-,43-30+. The van der Waals surface area contributed by atoms with Crippen LogP contribution >= 0.6 is 0 Å². The molecule has 7 aliphatic heterocycles. The lowest BCUT2D eigenvalue weighted by atomic mass is 9.95. The minimum Gasteiger partial charge on any atom is -0.451 e. The van der Waals surface area contributed by atoms with Gasteiger partial charge in [0.05, 0.1) is 63.1 Å². The van der Waals surface area contributed by atoms with Crippen LogP contribution in [0.1, 0.15) is 152 Å². The fourth-order valence-corrected chi connectivity index (χ4v) is 14.7. The monoisotopic (exact) mass is 1700 g/mol. The molecule has 37 nitrogen and oxygen atoms in total. The molecule has 7 rings (SSSR count). The maximum absolute atomic E-state index is 13.6. The average molecular weight is 1700 g/mol. The van der Waals surface area contributed by atoms with E-state index < -0.39 is 265 Å². The Hall–Kier alpha value is -3.75. The molecule has 7 saturated heterocycles. The van der Waals surface area contributed by atoms with Crippen molar-refractivity contribution in [3.63, 3.8) is 0 Å². The van der Waals surface area contributed by atoms with E-state index in [4.69, 9.17) is 71.1 Å². The van der Waals surface area contributed by atoms with E-state index in [1.807, 2.05) is 39.8 Å². The molecule has 37 unspecified atom stereocenters. The molecule has 0 bridgehead atoms. The second-order valence-electron chi connectivity index (χ2n) is 32.5. The summed E-state index contributed by atoms with van der Waals surface area (Å²) in [7, 11) is 0. The summed E-state index contributed by atoms with van der Waals surface area (Å²) in [6, 6.07) is 0. The zero-order valence-corrected chi connectivity index (χ0v) is 68.7. The number of carbonyl (C=O) groups is 1. The van der Waals surface area contributed by atoms with E-state index in [9.17, 15) is 112 Å². The molecule has 0 radical (unpaired) electrons. The van der Waals surface area contributed by atoms with Gasteiger partial charge in [0.15, 0.2) is 50.1 Å². The second-order valence-corrected chi connectivity index (χ2v) is 32.5. The summed E-state index contributed by atoms with van der Waals surface area (Å²) in [5, 5.41) is 223. The predicted molar refractivity (Wildman–Crippen MR) is 412 cm³/mol. The number of unbranched alkanes of at least 4 members (excludes halogenated alkanes) is 4. The molecule has 21 N–H and O–H groups in total. The van der Waals surface area contributed by atoms with Gasteiger partial charge < -0.3 is 178 Å². The zero-order valence-electron chi connectivity index (χ0n) is 68.7. The van der Waals surface area contributed by atoms with Gasteiger partial charge in [-0.05, 0) is 139 Å². The maximum atomic E-state index is 13.6. The third kappa shape index (κ3) is 27.1. The van der Waals surface area contributed by atoms with Crippen LogP contribution in [0.2, 0.25) is 0 Å². The quantitative estimate of drug-likeness (QED) is 0.0129. The molecule has 0 aromatic carbocycles. The van der Waals surface area contributed by atoms with Gasteiger partial charge in [-0.1, -0.05) is 77.7 Å². The molecule has 7 aliphatic rings. The second kappa shape index (κ2) is 47.5. The number of esters is 1. The van der Waals surface area contributed by atoms with Gasteiger partial charge in [0.1, 0.15) is 153 Å². The zero-order chi connectivity index (χ0) is 87.4. The van der Waals surface area contributed by atoms with Gasteiger partial charge in [0.2, 0.25) is 0 Å². The van der Waals surface area contributed by atoms with E-state index in [1.54, 1.807) is 19.9 Å². The molecule has 37 heteroatoms. The van der Waals surface area contributed by atoms with E-state index in [-0.39, 0.29) is 12.2 Å². The van der Waals surface area contributed by atoms with Crippen molar-refractivity contribution < 1.29 is 183 Å². The first-order chi connectivity index (χ1) is 55.8. The highest BCUT2D eigenvalue weighted by Gasteiger charge is 2.56. The highest BCUT2D eigenvalue weighted by Crippen LogP contribution is 2.38. The van der Waals surface area contributed by atoms with Gasteiger partial charge in [-0.2, -0.15) is 0 Å². The van der Waals surface area contributed by atoms with E-state index in [1.165, 1.54) is 32.9 Å². The van der Waals surface area contributed by atoms with E-state index in [0.29, 0.717) is 51.4 Å². The molecule has 0 amide bonds. The summed E-state index contributed by atoms with van der Waals surface area (Å²) in [4.78, 5) is 13.6. The number of carbonyl (C=O) groups excluding carboxylic acids is 1. The summed E-state index contributed by atoms with van der Waals surface area (Å²) in [6.07, 6.45) is -33.3. The van der Waals surface area contributed by atoms with Gasteiger partial charge in [0, 0.05) is 5.57 Å². The van der Waals surface area contributed by atoms with E-state index in [2.05, 4.69) is 25.3 Å². The van der Waals surface area contributed by atoms with Crippen molar-refractivity contribution >= 4 is 5.97 Å². The molecule has 7 fully saturated rings. The summed E-state index contributed by atoms with van der Waals surface area (Å²) in [5.41, 5.74) is 1.94. The van der Waals surface area contributed by atoms with Crippen LogP contribution in [0.4, 0.5) is 0 Å². The van der Waals surface area contributed by atoms with Gasteiger partial charge >= 0.3 is 5.97 Å². The minimum atomic E-state index is -1.91. The lowest BCUT2D eigenvalue weighted by Crippen LogP contribution is -2.65. The fraction of sp³-hybridized carbons (Fsp3) is 0.815. The molecule has 0 aromatic rings. The number of rotatable bonds is 43. The molecular weight excluding hydrogens is 1560 g/mol. The van der Waals surface area contributed by atoms with E-state index >= 15 is 0 Å². The van der Waals surface area contributed by atoms with Gasteiger partial charge in [0.25, 0.3) is 0 Å². The highest BCUT2D eigenvalue weighted by atomic mass is 16.8. The Bertz CT molecular complexity index is 3190. The smallest absolute Gasteiger partial charge is 0.333 e. The summed E-state index contributed by atoms with van der Waals surface area (Å²) < 4.78 is 88.0. The van der Waals surface area contributed by atoms with Crippen LogP contribution < -0.4 is 0 Å². The van der Waals surface area contributed by atoms with Gasteiger partial charge in [-0.25, -0.2) is 4.79 Å². The number of hydrogen-bond donors (Lipinski definition) is 21. The molecular formula is C81H134O37. The van der Waals surface area contributed by atoms with Gasteiger partial charge in [-0.3, -0.25) is 0 Å². The SMILES string of the molecule is C=CC(C)(CC/C=C(\C)CC/C=C(\C)CC/C=C(\C)C(=O)OC1C(OCC2OC(OC3C(C)OC(OC/C(C)=C\CCCCCC/C(C)=C/CCC(C)(C=C)OC4OC(CO)C(O)C(O)C4OC4OC(CO)C(O)C(O)C4O)C(O)C3O)C(O)C(O)C2O)OC(C)C(O)C1O)OC1OC(CO)C(O)C(O)C1OC1OC(CO)C(O)C(O)C1O. The fourth-order valence-electron chi connectivity index (χ4n) is 14.7. The first kappa shape index (κ1) is 101. The van der Waals surface area contributed by atoms with Crippen molar-refractivity contribution in [3.05, 3.63) is 83.6 Å². The molecule has 0 aromatic heterocycles. The first-order valence-electron chi connectivity index (χ1n) is 40.7. The third-order valence-corrected chi connectivity index (χ3v) is 22.9. The van der Waals surface area contributed by atoms with Crippen LogP contribution in [0.15, 0.2) is 83.6 Å². The van der Waals surface area contributed by atoms with Crippen LogP contribution in [0.5, 0.6) is 0 Å². The van der Waals surface area contributed by atoms with Crippen molar-refractivity contribution in [2.24, 2.45) is 0 Å². The van der Waals surface area contributed by atoms with Crippen molar-refractivity contribution in [3.8, 4) is 0 Å². The summed E-state index contributed by atoms with van der Waals surface area (Å²) in [5.74, 6) is -0.867. The Morgan fingerprint density at radius 2 is 0.712 bits per heavy atom. The van der Waals surface area contributed by atoms with Crippen molar-refractivity contribution in [2.75, 3.05) is 39.6 Å². The average Bonchev–Trinajstić information content (AvgIpc) is 0.811. The number of aliphatic hydroxyl groups excluding tert-OH is 21. The maximum Gasteiger partial charge on any atom is 0.333 e. The Balaban J connectivity index is 0.804. The lowest BCUT2D eigenvalue weighted by molar-refractivity contribution is -0.375. The molecule has 0 saturated carbocycles. The third-order valence-electron chi connectivity index (χ3n) is 22.9. The topological polar surface area (TPSA) is 580 Å². The van der Waals surface area contributed by atoms with Crippen LogP contribution in [-0.4, -0.2) is 379 Å². The van der Waals surface area contributed by atoms with Crippen LogP contribution in [0.25, 0.3) is 0 Å². The normalized spacial score (nSPS) is 41.2. The summed E-state index contributed by atoms with van der Waals surface area (Å²) in [6.45, 7) is 20.1. The number of hydrogen-bond acceptors (Lipinski definition) is 37. The van der Waals surface area contributed by atoms with E-state index in [0.717, 1.165) is 60.8 Å². The molecule has 37 atom stereocenters. The van der Waals surface area contributed by atoms with Crippen LogP contribution in [0.3, 0.4) is 0 Å². The molecule has 7 heterocycles. The van der Waals surface area contributed by atoms with Crippen LogP contribution in [-0.2, 0) is 75.8 Å². The highest BCUT2D eigenvalue weighted by molar-refractivity contribution is 5.87.